The van der Waals surface area contributed by atoms with E-state index in [1.54, 1.807) is 28.2 Å². The first-order valence-electron chi connectivity index (χ1n) is 8.32. The summed E-state index contributed by atoms with van der Waals surface area (Å²) in [5, 5.41) is 18.9. The maximum Gasteiger partial charge on any atom is 0.256 e. The van der Waals surface area contributed by atoms with Gasteiger partial charge in [0, 0.05) is 20.0 Å². The largest absolute Gasteiger partial charge is 0.388 e. The summed E-state index contributed by atoms with van der Waals surface area (Å²) in [6.45, 7) is 0.903. The van der Waals surface area contributed by atoms with Crippen LogP contribution in [0.1, 0.15) is 29.0 Å². The number of nitrogens with one attached hydrogen (secondary N) is 1. The summed E-state index contributed by atoms with van der Waals surface area (Å²) >= 11 is 0. The van der Waals surface area contributed by atoms with Crippen LogP contribution in [0.2, 0.25) is 0 Å². The van der Waals surface area contributed by atoms with Crippen LogP contribution in [-0.4, -0.2) is 59.3 Å². The highest BCUT2D eigenvalue weighted by Crippen LogP contribution is 2.27. The number of rotatable bonds is 3. The van der Waals surface area contributed by atoms with Gasteiger partial charge in [0.05, 0.1) is 29.6 Å². The van der Waals surface area contributed by atoms with Crippen LogP contribution in [0.4, 0.5) is 0 Å². The third-order valence-electron chi connectivity index (χ3n) is 4.82. The minimum atomic E-state index is -0.992. The van der Waals surface area contributed by atoms with E-state index in [1.807, 2.05) is 19.2 Å². The topological polar surface area (TPSA) is 99.9 Å². The number of aromatic amines is 1. The monoisotopic (exact) mass is 340 g/mol. The number of aliphatic hydroxyl groups is 1. The molecule has 2 aromatic heterocycles. The van der Waals surface area contributed by atoms with Gasteiger partial charge in [0.15, 0.2) is 0 Å². The fourth-order valence-corrected chi connectivity index (χ4v) is 3.50. The molecule has 1 atom stereocenters. The molecule has 1 saturated heterocycles. The molecule has 1 fully saturated rings. The average Bonchev–Trinajstić information content (AvgIpc) is 3.23. The van der Waals surface area contributed by atoms with Crippen molar-refractivity contribution in [1.29, 1.82) is 0 Å². The highest BCUT2D eigenvalue weighted by atomic mass is 16.3. The lowest BCUT2D eigenvalue weighted by atomic mass is 9.89. The van der Waals surface area contributed by atoms with E-state index in [4.69, 9.17) is 0 Å². The molecule has 25 heavy (non-hydrogen) atoms. The summed E-state index contributed by atoms with van der Waals surface area (Å²) in [4.78, 5) is 22.0. The summed E-state index contributed by atoms with van der Waals surface area (Å²) in [5.74, 6) is 0.611. The zero-order chi connectivity index (χ0) is 17.4. The molecule has 1 aromatic carbocycles. The van der Waals surface area contributed by atoms with Gasteiger partial charge in [-0.1, -0.05) is 6.07 Å². The molecule has 8 nitrogen and oxygen atoms in total. The smallest absolute Gasteiger partial charge is 0.256 e. The lowest BCUT2D eigenvalue weighted by Crippen LogP contribution is -2.51. The van der Waals surface area contributed by atoms with E-state index in [2.05, 4.69) is 20.2 Å². The van der Waals surface area contributed by atoms with Crippen LogP contribution < -0.4 is 0 Å². The van der Waals surface area contributed by atoms with Crippen molar-refractivity contribution in [2.24, 2.45) is 7.05 Å². The number of carbonyl (C=O) groups is 1. The molecular formula is C17H20N6O2. The highest BCUT2D eigenvalue weighted by Gasteiger charge is 2.37. The Hall–Kier alpha value is -2.74. The van der Waals surface area contributed by atoms with Crippen molar-refractivity contribution in [1.82, 2.24) is 29.6 Å². The Morgan fingerprint density at radius 2 is 2.32 bits per heavy atom. The summed E-state index contributed by atoms with van der Waals surface area (Å²) < 4.78 is 1.79. The first-order chi connectivity index (χ1) is 12.1. The number of likely N-dealkylation sites (tertiary alicyclic amines) is 1. The van der Waals surface area contributed by atoms with Crippen molar-refractivity contribution in [2.75, 3.05) is 13.1 Å². The number of hydrogen-bond acceptors (Lipinski definition) is 5. The van der Waals surface area contributed by atoms with Crippen molar-refractivity contribution in [3.05, 3.63) is 42.2 Å². The first kappa shape index (κ1) is 15.8. The van der Waals surface area contributed by atoms with Crippen molar-refractivity contribution in [3.63, 3.8) is 0 Å². The molecule has 1 unspecified atom stereocenters. The van der Waals surface area contributed by atoms with Gasteiger partial charge < -0.3 is 19.6 Å². The SMILES string of the molecule is Cn1cnnc1CC1(O)CCCN(C(=O)c2cccc3[nH]cnc23)C1. The van der Waals surface area contributed by atoms with Gasteiger partial charge in [0.2, 0.25) is 0 Å². The number of H-pyrrole nitrogens is 1. The molecule has 130 valence electrons. The number of benzene rings is 1. The summed E-state index contributed by atoms with van der Waals surface area (Å²) in [7, 11) is 1.85. The molecule has 4 rings (SSSR count). The molecule has 0 saturated carbocycles. The number of carbonyl (C=O) groups excluding carboxylic acids is 1. The van der Waals surface area contributed by atoms with Gasteiger partial charge in [0.1, 0.15) is 17.7 Å². The third-order valence-corrected chi connectivity index (χ3v) is 4.82. The number of amides is 1. The second-order valence-corrected chi connectivity index (χ2v) is 6.69. The molecule has 0 aliphatic carbocycles. The van der Waals surface area contributed by atoms with E-state index in [0.717, 1.165) is 11.9 Å². The number of hydrogen-bond donors (Lipinski definition) is 2. The molecule has 3 heterocycles. The first-order valence-corrected chi connectivity index (χ1v) is 8.32. The lowest BCUT2D eigenvalue weighted by Gasteiger charge is -2.39. The standard InChI is InChI=1S/C17H20N6O2/c1-22-11-20-21-14(22)8-17(25)6-3-7-23(9-17)16(24)12-4-2-5-13-15(12)19-10-18-13/h2,4-5,10-11,25H,3,6-9H2,1H3,(H,18,19). The second-order valence-electron chi connectivity index (χ2n) is 6.69. The normalized spacial score (nSPS) is 21.0. The number of fused-ring (bicyclic) bond motifs is 1. The average molecular weight is 340 g/mol. The number of β-amino-alcohol motifs (C(OH)–C–C–N with tert-alkyl or cyclic N) is 1. The van der Waals surface area contributed by atoms with Gasteiger partial charge in [-0.2, -0.15) is 0 Å². The van der Waals surface area contributed by atoms with Crippen molar-refractivity contribution in [3.8, 4) is 0 Å². The number of imidazole rings is 1. The minimum absolute atomic E-state index is 0.103. The number of nitrogens with zero attached hydrogens (tertiary/aromatic N) is 5. The van der Waals surface area contributed by atoms with E-state index in [0.29, 0.717) is 36.3 Å². The van der Waals surface area contributed by atoms with E-state index < -0.39 is 5.60 Å². The van der Waals surface area contributed by atoms with E-state index >= 15 is 0 Å². The number of para-hydroxylation sites is 1. The fourth-order valence-electron chi connectivity index (χ4n) is 3.50. The van der Waals surface area contributed by atoms with Crippen LogP contribution >= 0.6 is 0 Å². The molecular weight excluding hydrogens is 320 g/mol. The predicted octanol–water partition coefficient (Wildman–Crippen LogP) is 0.901. The Bertz CT molecular complexity index is 917. The van der Waals surface area contributed by atoms with Crippen LogP contribution in [0.15, 0.2) is 30.9 Å². The van der Waals surface area contributed by atoms with E-state index in [-0.39, 0.29) is 12.5 Å². The Morgan fingerprint density at radius 3 is 3.12 bits per heavy atom. The van der Waals surface area contributed by atoms with Gasteiger partial charge in [0.25, 0.3) is 5.91 Å². The molecule has 2 N–H and O–H groups in total. The Balaban J connectivity index is 1.57. The van der Waals surface area contributed by atoms with Crippen molar-refractivity contribution in [2.45, 2.75) is 24.9 Å². The minimum Gasteiger partial charge on any atom is -0.388 e. The van der Waals surface area contributed by atoms with Crippen LogP contribution in [-0.2, 0) is 13.5 Å². The van der Waals surface area contributed by atoms with Crippen LogP contribution in [0.5, 0.6) is 0 Å². The van der Waals surface area contributed by atoms with Gasteiger partial charge in [-0.25, -0.2) is 4.98 Å². The van der Waals surface area contributed by atoms with E-state index in [9.17, 15) is 9.90 Å². The molecule has 8 heteroatoms. The number of aromatic nitrogens is 5. The molecule has 0 radical (unpaired) electrons. The van der Waals surface area contributed by atoms with Crippen LogP contribution in [0, 0.1) is 0 Å². The fraction of sp³-hybridized carbons (Fsp3) is 0.412. The zero-order valence-corrected chi connectivity index (χ0v) is 14.0. The Morgan fingerprint density at radius 1 is 1.44 bits per heavy atom. The molecule has 0 spiro atoms. The number of aryl methyl sites for hydroxylation is 1. The zero-order valence-electron chi connectivity index (χ0n) is 14.0. The highest BCUT2D eigenvalue weighted by molar-refractivity contribution is 6.04. The Kier molecular flexibility index (Phi) is 3.76. The third kappa shape index (κ3) is 2.89. The van der Waals surface area contributed by atoms with E-state index in [1.165, 1.54) is 0 Å². The van der Waals surface area contributed by atoms with Crippen molar-refractivity contribution < 1.29 is 9.90 Å². The van der Waals surface area contributed by atoms with Crippen LogP contribution in [0.3, 0.4) is 0 Å². The lowest BCUT2D eigenvalue weighted by molar-refractivity contribution is -0.0257. The van der Waals surface area contributed by atoms with Crippen LogP contribution in [0.25, 0.3) is 11.0 Å². The second kappa shape index (κ2) is 5.96. The number of piperidine rings is 1. The maximum absolute atomic E-state index is 13.0. The molecule has 3 aromatic rings. The Labute approximate surface area is 144 Å². The summed E-state index contributed by atoms with van der Waals surface area (Å²) in [6.07, 6.45) is 4.96. The summed E-state index contributed by atoms with van der Waals surface area (Å²) in [6, 6.07) is 5.50. The maximum atomic E-state index is 13.0. The molecule has 1 amide bonds. The summed E-state index contributed by atoms with van der Waals surface area (Å²) in [5.41, 5.74) is 1.06. The molecule has 1 aliphatic heterocycles. The van der Waals surface area contributed by atoms with Gasteiger partial charge >= 0.3 is 0 Å². The van der Waals surface area contributed by atoms with Gasteiger partial charge in [-0.15, -0.1) is 10.2 Å². The molecule has 0 bridgehead atoms. The van der Waals surface area contributed by atoms with Gasteiger partial charge in [-0.3, -0.25) is 4.79 Å². The molecule has 1 aliphatic rings. The van der Waals surface area contributed by atoms with Crippen molar-refractivity contribution >= 4 is 16.9 Å². The van der Waals surface area contributed by atoms with Gasteiger partial charge in [-0.05, 0) is 25.0 Å². The quantitative estimate of drug-likeness (QED) is 0.738. The predicted molar refractivity (Wildman–Crippen MR) is 90.9 cm³/mol.